The van der Waals surface area contributed by atoms with Crippen molar-refractivity contribution in [1.29, 1.82) is 0 Å². The van der Waals surface area contributed by atoms with Gasteiger partial charge in [0.05, 0.1) is 12.0 Å². The van der Waals surface area contributed by atoms with Crippen LogP contribution >= 0.6 is 23.4 Å². The van der Waals surface area contributed by atoms with Gasteiger partial charge < -0.3 is 10.1 Å². The SMILES string of the molecule is COc1ccc(C)cc1N=C1NC(=O)/C(=C/c2ccc(Cl)cc2)S1. The number of nitrogens with one attached hydrogen (secondary N) is 1. The van der Waals surface area contributed by atoms with Gasteiger partial charge in [0.2, 0.25) is 0 Å². The van der Waals surface area contributed by atoms with Crippen LogP contribution in [0.2, 0.25) is 5.02 Å². The van der Waals surface area contributed by atoms with Gasteiger partial charge in [-0.25, -0.2) is 4.99 Å². The number of halogens is 1. The topological polar surface area (TPSA) is 50.7 Å². The summed E-state index contributed by atoms with van der Waals surface area (Å²) in [6.07, 6.45) is 1.81. The van der Waals surface area contributed by atoms with Crippen molar-refractivity contribution in [3.05, 3.63) is 63.5 Å². The predicted molar refractivity (Wildman–Crippen MR) is 100.0 cm³/mol. The molecule has 0 unspecified atom stereocenters. The van der Waals surface area contributed by atoms with E-state index in [9.17, 15) is 4.79 Å². The van der Waals surface area contributed by atoms with Crippen LogP contribution in [-0.2, 0) is 4.79 Å². The molecule has 1 heterocycles. The highest BCUT2D eigenvalue weighted by atomic mass is 35.5. The molecule has 6 heteroatoms. The second kappa shape index (κ2) is 7.11. The van der Waals surface area contributed by atoms with Gasteiger partial charge in [-0.1, -0.05) is 29.8 Å². The maximum absolute atomic E-state index is 12.1. The van der Waals surface area contributed by atoms with E-state index in [1.807, 2.05) is 43.3 Å². The highest BCUT2D eigenvalue weighted by molar-refractivity contribution is 8.18. The molecule has 0 aliphatic carbocycles. The van der Waals surface area contributed by atoms with E-state index in [-0.39, 0.29) is 5.91 Å². The minimum atomic E-state index is -0.166. The molecule has 0 saturated carbocycles. The van der Waals surface area contributed by atoms with Crippen molar-refractivity contribution in [2.24, 2.45) is 4.99 Å². The van der Waals surface area contributed by atoms with Crippen molar-refractivity contribution in [2.75, 3.05) is 7.11 Å². The zero-order valence-corrected chi connectivity index (χ0v) is 14.7. The number of amidine groups is 1. The Balaban J connectivity index is 1.87. The van der Waals surface area contributed by atoms with Crippen molar-refractivity contribution >= 4 is 46.2 Å². The largest absolute Gasteiger partial charge is 0.494 e. The first-order valence-corrected chi connectivity index (χ1v) is 8.44. The maximum Gasteiger partial charge on any atom is 0.264 e. The average Bonchev–Trinajstić information content (AvgIpc) is 2.89. The molecule has 1 amide bonds. The second-order valence-electron chi connectivity index (χ2n) is 5.21. The Labute approximate surface area is 149 Å². The lowest BCUT2D eigenvalue weighted by Crippen LogP contribution is -2.19. The first kappa shape index (κ1) is 16.6. The molecular formula is C18H15ClN2O2S. The van der Waals surface area contributed by atoms with E-state index in [0.29, 0.717) is 26.5 Å². The number of nitrogens with zero attached hydrogens (tertiary/aromatic N) is 1. The Kier molecular flexibility index (Phi) is 4.92. The maximum atomic E-state index is 12.1. The number of hydrogen-bond donors (Lipinski definition) is 1. The van der Waals surface area contributed by atoms with Crippen molar-refractivity contribution in [2.45, 2.75) is 6.92 Å². The van der Waals surface area contributed by atoms with Gasteiger partial charge in [-0.15, -0.1) is 0 Å². The third kappa shape index (κ3) is 3.80. The van der Waals surface area contributed by atoms with Crippen LogP contribution in [0, 0.1) is 6.92 Å². The second-order valence-corrected chi connectivity index (χ2v) is 6.68. The molecule has 0 spiro atoms. The van der Waals surface area contributed by atoms with E-state index in [1.165, 1.54) is 11.8 Å². The molecule has 2 aromatic carbocycles. The van der Waals surface area contributed by atoms with Gasteiger partial charge in [0.25, 0.3) is 5.91 Å². The average molecular weight is 359 g/mol. The first-order valence-electron chi connectivity index (χ1n) is 7.25. The summed E-state index contributed by atoms with van der Waals surface area (Å²) in [5.41, 5.74) is 2.67. The first-order chi connectivity index (χ1) is 11.5. The van der Waals surface area contributed by atoms with Crippen molar-refractivity contribution in [3.63, 3.8) is 0 Å². The highest BCUT2D eigenvalue weighted by Crippen LogP contribution is 2.32. The van der Waals surface area contributed by atoms with Crippen LogP contribution in [-0.4, -0.2) is 18.2 Å². The number of aryl methyl sites for hydroxylation is 1. The van der Waals surface area contributed by atoms with E-state index in [2.05, 4.69) is 10.3 Å². The Morgan fingerprint density at radius 1 is 1.21 bits per heavy atom. The van der Waals surface area contributed by atoms with Crippen LogP contribution in [0.15, 0.2) is 52.4 Å². The van der Waals surface area contributed by atoms with Gasteiger partial charge in [-0.2, -0.15) is 0 Å². The smallest absolute Gasteiger partial charge is 0.264 e. The van der Waals surface area contributed by atoms with Crippen LogP contribution in [0.5, 0.6) is 5.75 Å². The van der Waals surface area contributed by atoms with Crippen LogP contribution in [0.1, 0.15) is 11.1 Å². The van der Waals surface area contributed by atoms with Crippen molar-refractivity contribution in [3.8, 4) is 5.75 Å². The van der Waals surface area contributed by atoms with E-state index in [4.69, 9.17) is 16.3 Å². The van der Waals surface area contributed by atoms with Gasteiger partial charge >= 0.3 is 0 Å². The molecular weight excluding hydrogens is 344 g/mol. The zero-order valence-electron chi connectivity index (χ0n) is 13.2. The van der Waals surface area contributed by atoms with Crippen molar-refractivity contribution in [1.82, 2.24) is 5.32 Å². The fourth-order valence-corrected chi connectivity index (χ4v) is 3.15. The summed E-state index contributed by atoms with van der Waals surface area (Å²) in [7, 11) is 1.60. The summed E-state index contributed by atoms with van der Waals surface area (Å²) in [4.78, 5) is 17.2. The summed E-state index contributed by atoms with van der Waals surface area (Å²) >= 11 is 7.18. The summed E-state index contributed by atoms with van der Waals surface area (Å²) in [6.45, 7) is 1.98. The number of ether oxygens (including phenoxy) is 1. The molecule has 122 valence electrons. The van der Waals surface area contributed by atoms with E-state index in [0.717, 1.165) is 11.1 Å². The summed E-state index contributed by atoms with van der Waals surface area (Å²) in [5.74, 6) is 0.499. The van der Waals surface area contributed by atoms with Crippen molar-refractivity contribution < 1.29 is 9.53 Å². The van der Waals surface area contributed by atoms with Gasteiger partial charge in [-0.3, -0.25) is 4.79 Å². The number of rotatable bonds is 3. The molecule has 0 bridgehead atoms. The monoisotopic (exact) mass is 358 g/mol. The molecule has 0 aromatic heterocycles. The van der Waals surface area contributed by atoms with Crippen LogP contribution in [0.25, 0.3) is 6.08 Å². The predicted octanol–water partition coefficient (Wildman–Crippen LogP) is 4.55. The van der Waals surface area contributed by atoms with E-state index in [1.54, 1.807) is 19.2 Å². The third-order valence-electron chi connectivity index (χ3n) is 3.38. The number of amides is 1. The van der Waals surface area contributed by atoms with E-state index >= 15 is 0 Å². The number of benzene rings is 2. The molecule has 1 fully saturated rings. The van der Waals surface area contributed by atoms with Gasteiger partial charge in [0, 0.05) is 5.02 Å². The molecule has 0 radical (unpaired) electrons. The van der Waals surface area contributed by atoms with Gasteiger partial charge in [0.1, 0.15) is 11.4 Å². The molecule has 0 atom stereocenters. The molecule has 1 aliphatic heterocycles. The number of methoxy groups -OCH3 is 1. The minimum absolute atomic E-state index is 0.166. The van der Waals surface area contributed by atoms with Crippen LogP contribution in [0.4, 0.5) is 5.69 Å². The number of thioether (sulfide) groups is 1. The highest BCUT2D eigenvalue weighted by Gasteiger charge is 2.24. The van der Waals surface area contributed by atoms with Gasteiger partial charge in [-0.05, 0) is 60.2 Å². The Bertz CT molecular complexity index is 845. The molecule has 1 aliphatic rings. The molecule has 3 rings (SSSR count). The van der Waals surface area contributed by atoms with E-state index < -0.39 is 0 Å². The zero-order chi connectivity index (χ0) is 17.1. The lowest BCUT2D eigenvalue weighted by atomic mass is 10.2. The van der Waals surface area contributed by atoms with Crippen LogP contribution in [0.3, 0.4) is 0 Å². The summed E-state index contributed by atoms with van der Waals surface area (Å²) in [5, 5.41) is 3.97. The minimum Gasteiger partial charge on any atom is -0.494 e. The molecule has 24 heavy (non-hydrogen) atoms. The molecule has 4 nitrogen and oxygen atoms in total. The number of carbonyl (C=O) groups excluding carboxylic acids is 1. The third-order valence-corrected chi connectivity index (χ3v) is 4.54. The molecule has 1 N–H and O–H groups in total. The lowest BCUT2D eigenvalue weighted by Gasteiger charge is -2.05. The van der Waals surface area contributed by atoms with Gasteiger partial charge in [0.15, 0.2) is 5.17 Å². The Morgan fingerprint density at radius 3 is 2.67 bits per heavy atom. The summed E-state index contributed by atoms with van der Waals surface area (Å²) in [6, 6.07) is 13.0. The number of carbonyl (C=O) groups is 1. The fraction of sp³-hybridized carbons (Fsp3) is 0.111. The normalized spacial score (nSPS) is 17.4. The van der Waals surface area contributed by atoms with Crippen LogP contribution < -0.4 is 10.1 Å². The fourth-order valence-electron chi connectivity index (χ4n) is 2.19. The Morgan fingerprint density at radius 2 is 1.96 bits per heavy atom. The Hall–Kier alpha value is -2.24. The number of hydrogen-bond acceptors (Lipinski definition) is 4. The quantitative estimate of drug-likeness (QED) is 0.819. The molecule has 1 saturated heterocycles. The lowest BCUT2D eigenvalue weighted by molar-refractivity contribution is -0.115. The summed E-state index contributed by atoms with van der Waals surface area (Å²) < 4.78 is 5.31. The molecule has 2 aromatic rings. The standard InChI is InChI=1S/C18H15ClN2O2S/c1-11-3-8-15(23-2)14(9-11)20-18-21-17(22)16(24-18)10-12-4-6-13(19)7-5-12/h3-10H,1-2H3,(H,20,21,22)/b16-10-. The number of aliphatic imine (C=N–C) groups is 1.